The van der Waals surface area contributed by atoms with Crippen LogP contribution in [0.3, 0.4) is 0 Å². The van der Waals surface area contributed by atoms with Gasteiger partial charge in [-0.25, -0.2) is 4.98 Å². The quantitative estimate of drug-likeness (QED) is 0.867. The molecule has 114 valence electrons. The molecule has 22 heavy (non-hydrogen) atoms. The van der Waals surface area contributed by atoms with Gasteiger partial charge in [-0.3, -0.25) is 9.78 Å². The van der Waals surface area contributed by atoms with Gasteiger partial charge >= 0.3 is 0 Å². The highest BCUT2D eigenvalue weighted by Crippen LogP contribution is 2.15. The van der Waals surface area contributed by atoms with Crippen LogP contribution in [0.5, 0.6) is 0 Å². The Morgan fingerprint density at radius 1 is 1.27 bits per heavy atom. The molecule has 5 heteroatoms. The van der Waals surface area contributed by atoms with Crippen LogP contribution in [0.4, 0.5) is 0 Å². The highest BCUT2D eigenvalue weighted by Gasteiger charge is 2.24. The molecule has 0 saturated carbocycles. The number of benzene rings is 1. The lowest BCUT2D eigenvalue weighted by atomic mass is 9.99. The van der Waals surface area contributed by atoms with Gasteiger partial charge in [0.1, 0.15) is 5.69 Å². The molecule has 0 radical (unpaired) electrons. The van der Waals surface area contributed by atoms with Crippen molar-refractivity contribution in [1.82, 2.24) is 14.9 Å². The number of carbonyl (C=O) groups is 1. The largest absolute Gasteiger partial charge is 0.379 e. The Morgan fingerprint density at radius 2 is 2.14 bits per heavy atom. The number of aromatic nitrogens is 2. The summed E-state index contributed by atoms with van der Waals surface area (Å²) in [7, 11) is 0. The summed E-state index contributed by atoms with van der Waals surface area (Å²) >= 11 is 0. The van der Waals surface area contributed by atoms with Crippen molar-refractivity contribution in [3.8, 4) is 0 Å². The van der Waals surface area contributed by atoms with Crippen LogP contribution in [-0.4, -0.2) is 47.1 Å². The van der Waals surface area contributed by atoms with Crippen LogP contribution in [0.1, 0.15) is 16.1 Å². The fraction of sp³-hybridized carbons (Fsp3) is 0.353. The van der Waals surface area contributed by atoms with Gasteiger partial charge < -0.3 is 9.64 Å². The summed E-state index contributed by atoms with van der Waals surface area (Å²) in [6, 6.07) is 10.3. The number of hydrogen-bond acceptors (Lipinski definition) is 4. The first-order chi connectivity index (χ1) is 10.8. The molecule has 3 rings (SSSR count). The maximum Gasteiger partial charge on any atom is 0.274 e. The normalized spacial score (nSPS) is 18.7. The third kappa shape index (κ3) is 3.68. The number of ether oxygens (including phenoxy) is 1. The van der Waals surface area contributed by atoms with Gasteiger partial charge in [0.25, 0.3) is 5.91 Å². The number of nitrogens with zero attached hydrogens (tertiary/aromatic N) is 3. The molecule has 5 nitrogen and oxygen atoms in total. The molecular formula is C17H19N3O2. The predicted molar refractivity (Wildman–Crippen MR) is 82.4 cm³/mol. The summed E-state index contributed by atoms with van der Waals surface area (Å²) in [5.74, 6) is 0.224. The molecule has 0 N–H and O–H groups in total. The molecule has 1 aliphatic heterocycles. The first kappa shape index (κ1) is 14.7. The third-order valence-corrected chi connectivity index (χ3v) is 3.77. The SMILES string of the molecule is O=C(c1cnccn1)N1CCOCC(Cc2ccccc2)C1. The summed E-state index contributed by atoms with van der Waals surface area (Å²) in [6.07, 6.45) is 5.54. The molecule has 0 aliphatic carbocycles. The molecule has 0 spiro atoms. The number of hydrogen-bond donors (Lipinski definition) is 0. The van der Waals surface area contributed by atoms with Gasteiger partial charge in [-0.05, 0) is 12.0 Å². The zero-order valence-electron chi connectivity index (χ0n) is 12.4. The van der Waals surface area contributed by atoms with E-state index in [2.05, 4.69) is 22.1 Å². The Kier molecular flexibility index (Phi) is 4.75. The highest BCUT2D eigenvalue weighted by atomic mass is 16.5. The van der Waals surface area contributed by atoms with Crippen LogP contribution >= 0.6 is 0 Å². The minimum atomic E-state index is -0.0725. The van der Waals surface area contributed by atoms with Crippen LogP contribution in [0, 0.1) is 5.92 Å². The van der Waals surface area contributed by atoms with Crippen molar-refractivity contribution in [1.29, 1.82) is 0 Å². The maximum atomic E-state index is 12.5. The summed E-state index contributed by atoms with van der Waals surface area (Å²) in [5, 5.41) is 0. The van der Waals surface area contributed by atoms with Gasteiger partial charge in [-0.2, -0.15) is 0 Å². The molecule has 1 aliphatic rings. The second-order valence-corrected chi connectivity index (χ2v) is 5.47. The fourth-order valence-electron chi connectivity index (χ4n) is 2.71. The van der Waals surface area contributed by atoms with E-state index in [1.165, 1.54) is 11.8 Å². The lowest BCUT2D eigenvalue weighted by molar-refractivity contribution is 0.0731. The van der Waals surface area contributed by atoms with Gasteiger partial charge in [-0.15, -0.1) is 0 Å². The molecular weight excluding hydrogens is 278 g/mol. The molecule has 2 heterocycles. The molecule has 1 saturated heterocycles. The van der Waals surface area contributed by atoms with Crippen molar-refractivity contribution in [3.05, 3.63) is 60.2 Å². The van der Waals surface area contributed by atoms with Crippen LogP contribution < -0.4 is 0 Å². The number of carbonyl (C=O) groups excluding carboxylic acids is 1. The minimum Gasteiger partial charge on any atom is -0.379 e. The Labute approximate surface area is 130 Å². The monoisotopic (exact) mass is 297 g/mol. The van der Waals surface area contributed by atoms with E-state index in [9.17, 15) is 4.79 Å². The molecule has 1 atom stereocenters. The van der Waals surface area contributed by atoms with Crippen LogP contribution in [0.2, 0.25) is 0 Å². The topological polar surface area (TPSA) is 55.3 Å². The molecule has 1 fully saturated rings. The molecule has 1 aromatic carbocycles. The Bertz CT molecular complexity index is 604. The molecule has 1 unspecified atom stereocenters. The molecule has 2 aromatic rings. The van der Waals surface area contributed by atoms with Gasteiger partial charge in [0, 0.05) is 31.4 Å². The standard InChI is InChI=1S/C17H19N3O2/c21-17(16-11-18-6-7-19-16)20-8-9-22-13-15(12-20)10-14-4-2-1-3-5-14/h1-7,11,15H,8-10,12-13H2. The van der Waals surface area contributed by atoms with Crippen molar-refractivity contribution in [2.24, 2.45) is 5.92 Å². The Hall–Kier alpha value is -2.27. The lowest BCUT2D eigenvalue weighted by Gasteiger charge is -2.23. The van der Waals surface area contributed by atoms with E-state index in [-0.39, 0.29) is 5.91 Å². The second kappa shape index (κ2) is 7.13. The highest BCUT2D eigenvalue weighted by molar-refractivity contribution is 5.91. The van der Waals surface area contributed by atoms with Crippen LogP contribution in [-0.2, 0) is 11.2 Å². The van der Waals surface area contributed by atoms with E-state index < -0.39 is 0 Å². The Morgan fingerprint density at radius 3 is 2.91 bits per heavy atom. The maximum absolute atomic E-state index is 12.5. The summed E-state index contributed by atoms with van der Waals surface area (Å²) in [4.78, 5) is 22.4. The van der Waals surface area contributed by atoms with Crippen molar-refractivity contribution in [2.75, 3.05) is 26.3 Å². The van der Waals surface area contributed by atoms with Gasteiger partial charge in [-0.1, -0.05) is 30.3 Å². The van der Waals surface area contributed by atoms with Crippen LogP contribution in [0.25, 0.3) is 0 Å². The van der Waals surface area contributed by atoms with Crippen molar-refractivity contribution in [3.63, 3.8) is 0 Å². The van der Waals surface area contributed by atoms with Crippen molar-refractivity contribution < 1.29 is 9.53 Å². The summed E-state index contributed by atoms with van der Waals surface area (Å²) < 4.78 is 5.67. The first-order valence-electron chi connectivity index (χ1n) is 7.50. The fourth-order valence-corrected chi connectivity index (χ4v) is 2.71. The second-order valence-electron chi connectivity index (χ2n) is 5.47. The van der Waals surface area contributed by atoms with Gasteiger partial charge in [0.2, 0.25) is 0 Å². The zero-order chi connectivity index (χ0) is 15.2. The number of amides is 1. The lowest BCUT2D eigenvalue weighted by Crippen LogP contribution is -2.36. The number of rotatable bonds is 3. The van der Waals surface area contributed by atoms with E-state index >= 15 is 0 Å². The van der Waals surface area contributed by atoms with E-state index in [0.717, 1.165) is 6.42 Å². The minimum absolute atomic E-state index is 0.0725. The molecule has 1 amide bonds. The average Bonchev–Trinajstić information content (AvgIpc) is 2.81. The molecule has 0 bridgehead atoms. The van der Waals surface area contributed by atoms with E-state index in [4.69, 9.17) is 4.74 Å². The molecule has 1 aromatic heterocycles. The van der Waals surface area contributed by atoms with E-state index in [1.807, 2.05) is 23.1 Å². The van der Waals surface area contributed by atoms with E-state index in [0.29, 0.717) is 37.9 Å². The predicted octanol–water partition coefficient (Wildman–Crippen LogP) is 1.81. The average molecular weight is 297 g/mol. The zero-order valence-corrected chi connectivity index (χ0v) is 12.4. The Balaban J connectivity index is 1.69. The summed E-state index contributed by atoms with van der Waals surface area (Å²) in [6.45, 7) is 2.53. The van der Waals surface area contributed by atoms with Crippen molar-refractivity contribution in [2.45, 2.75) is 6.42 Å². The van der Waals surface area contributed by atoms with Gasteiger partial charge in [0.05, 0.1) is 19.4 Å². The summed E-state index contributed by atoms with van der Waals surface area (Å²) in [5.41, 5.74) is 1.66. The van der Waals surface area contributed by atoms with Crippen LogP contribution in [0.15, 0.2) is 48.9 Å². The first-order valence-corrected chi connectivity index (χ1v) is 7.50. The van der Waals surface area contributed by atoms with E-state index in [1.54, 1.807) is 12.4 Å². The van der Waals surface area contributed by atoms with Crippen molar-refractivity contribution >= 4 is 5.91 Å². The smallest absolute Gasteiger partial charge is 0.274 e. The third-order valence-electron chi connectivity index (χ3n) is 3.77. The van der Waals surface area contributed by atoms with Gasteiger partial charge in [0.15, 0.2) is 0 Å².